The molecule has 0 atom stereocenters. The summed E-state index contributed by atoms with van der Waals surface area (Å²) in [5, 5.41) is 1.21. The van der Waals surface area contributed by atoms with Crippen LogP contribution in [0.3, 0.4) is 0 Å². The Morgan fingerprint density at radius 3 is 2.43 bits per heavy atom. The molecule has 0 N–H and O–H groups in total. The van der Waals surface area contributed by atoms with E-state index in [9.17, 15) is 9.18 Å². The largest absolute Gasteiger partial charge is 0.339 e. The summed E-state index contributed by atoms with van der Waals surface area (Å²) in [6.45, 7) is 0. The predicted octanol–water partition coefficient (Wildman–Crippen LogP) is 4.38. The molecule has 1 saturated carbocycles. The van der Waals surface area contributed by atoms with Gasteiger partial charge < -0.3 is 4.90 Å². The first-order valence-electron chi connectivity index (χ1n) is 7.63. The summed E-state index contributed by atoms with van der Waals surface area (Å²) in [7, 11) is 1.87. The first kappa shape index (κ1) is 14.1. The van der Waals surface area contributed by atoms with Crippen molar-refractivity contribution in [3.63, 3.8) is 0 Å². The Morgan fingerprint density at radius 2 is 1.71 bits per heavy atom. The van der Waals surface area contributed by atoms with Crippen LogP contribution in [-0.4, -0.2) is 23.9 Å². The Kier molecular flexibility index (Phi) is 3.91. The van der Waals surface area contributed by atoms with Gasteiger partial charge in [-0.3, -0.25) is 4.79 Å². The van der Waals surface area contributed by atoms with Gasteiger partial charge >= 0.3 is 0 Å². The van der Waals surface area contributed by atoms with E-state index in [1.807, 2.05) is 24.1 Å². The third kappa shape index (κ3) is 2.65. The molecule has 3 rings (SSSR count). The number of nitrogens with zero attached hydrogens (tertiary/aromatic N) is 1. The van der Waals surface area contributed by atoms with Crippen LogP contribution in [0.25, 0.3) is 10.8 Å². The molecular formula is C18H20FNO. The Morgan fingerprint density at radius 1 is 1.05 bits per heavy atom. The van der Waals surface area contributed by atoms with Gasteiger partial charge in [-0.25, -0.2) is 4.39 Å². The lowest BCUT2D eigenvalue weighted by atomic mass is 9.93. The fraction of sp³-hybridized carbons (Fsp3) is 0.389. The molecule has 0 spiro atoms. The summed E-state index contributed by atoms with van der Waals surface area (Å²) in [4.78, 5) is 14.6. The van der Waals surface area contributed by atoms with Crippen molar-refractivity contribution in [1.29, 1.82) is 0 Å². The highest BCUT2D eigenvalue weighted by molar-refractivity contribution is 6.07. The number of amides is 1. The summed E-state index contributed by atoms with van der Waals surface area (Å²) in [6.07, 6.45) is 5.78. The summed E-state index contributed by atoms with van der Waals surface area (Å²) in [5.41, 5.74) is 0.597. The molecule has 0 bridgehead atoms. The van der Waals surface area contributed by atoms with Gasteiger partial charge in [-0.1, -0.05) is 43.5 Å². The first-order chi connectivity index (χ1) is 10.2. The normalized spacial score (nSPS) is 16.1. The Balaban J connectivity index is 1.96. The molecule has 3 heteroatoms. The van der Waals surface area contributed by atoms with E-state index in [1.165, 1.54) is 25.3 Å². The summed E-state index contributed by atoms with van der Waals surface area (Å²) in [6, 6.07) is 10.5. The van der Waals surface area contributed by atoms with E-state index in [2.05, 4.69) is 0 Å². The Bertz CT molecular complexity index is 661. The van der Waals surface area contributed by atoms with Gasteiger partial charge in [-0.15, -0.1) is 0 Å². The van der Waals surface area contributed by atoms with Crippen molar-refractivity contribution in [2.45, 2.75) is 38.1 Å². The maximum absolute atomic E-state index is 13.9. The number of carbonyl (C=O) groups excluding carboxylic acids is 1. The molecule has 21 heavy (non-hydrogen) atoms. The lowest BCUT2D eigenvalue weighted by Gasteiger charge is -2.31. The zero-order valence-electron chi connectivity index (χ0n) is 12.3. The molecule has 1 amide bonds. The smallest absolute Gasteiger partial charge is 0.254 e. The van der Waals surface area contributed by atoms with Crippen molar-refractivity contribution in [2.24, 2.45) is 0 Å². The monoisotopic (exact) mass is 285 g/mol. The minimum absolute atomic E-state index is 0.00176. The molecule has 1 aliphatic rings. The zero-order chi connectivity index (χ0) is 14.8. The molecule has 0 unspecified atom stereocenters. The van der Waals surface area contributed by atoms with Gasteiger partial charge in [0.1, 0.15) is 5.82 Å². The van der Waals surface area contributed by atoms with Gasteiger partial charge in [0.15, 0.2) is 0 Å². The average molecular weight is 285 g/mol. The van der Waals surface area contributed by atoms with Gasteiger partial charge in [0, 0.05) is 24.0 Å². The summed E-state index contributed by atoms with van der Waals surface area (Å²) in [5.74, 6) is -0.277. The van der Waals surface area contributed by atoms with E-state index in [0.717, 1.165) is 12.8 Å². The molecule has 110 valence electrons. The number of carbonyl (C=O) groups is 1. The van der Waals surface area contributed by atoms with Gasteiger partial charge in [-0.05, 0) is 30.4 Å². The molecule has 0 saturated heterocycles. The number of halogens is 1. The van der Waals surface area contributed by atoms with E-state index in [4.69, 9.17) is 0 Å². The van der Waals surface area contributed by atoms with Gasteiger partial charge in [0.05, 0.1) is 0 Å². The highest BCUT2D eigenvalue weighted by Gasteiger charge is 2.24. The van der Waals surface area contributed by atoms with Gasteiger partial charge in [-0.2, -0.15) is 0 Å². The van der Waals surface area contributed by atoms with Crippen LogP contribution in [-0.2, 0) is 0 Å². The fourth-order valence-corrected chi connectivity index (χ4v) is 3.27. The number of benzene rings is 2. The molecule has 2 nitrogen and oxygen atoms in total. The van der Waals surface area contributed by atoms with E-state index in [0.29, 0.717) is 22.4 Å². The highest BCUT2D eigenvalue weighted by Crippen LogP contribution is 2.26. The van der Waals surface area contributed by atoms with Crippen molar-refractivity contribution in [3.05, 3.63) is 47.8 Å². The lowest BCUT2D eigenvalue weighted by molar-refractivity contribution is 0.0698. The fourth-order valence-electron chi connectivity index (χ4n) is 3.27. The topological polar surface area (TPSA) is 20.3 Å². The highest BCUT2D eigenvalue weighted by atomic mass is 19.1. The van der Waals surface area contributed by atoms with Gasteiger partial charge in [0.25, 0.3) is 5.91 Å². The van der Waals surface area contributed by atoms with Crippen LogP contribution in [0, 0.1) is 5.82 Å². The molecule has 1 fully saturated rings. The van der Waals surface area contributed by atoms with Gasteiger partial charge in [0.2, 0.25) is 0 Å². The second-order valence-corrected chi connectivity index (χ2v) is 5.85. The molecule has 0 aliphatic heterocycles. The quantitative estimate of drug-likeness (QED) is 0.801. The lowest BCUT2D eigenvalue weighted by Crippen LogP contribution is -2.38. The van der Waals surface area contributed by atoms with Crippen molar-refractivity contribution in [2.75, 3.05) is 7.05 Å². The van der Waals surface area contributed by atoms with E-state index in [-0.39, 0.29) is 11.7 Å². The summed E-state index contributed by atoms with van der Waals surface area (Å²) < 4.78 is 13.9. The Labute approximate surface area is 124 Å². The summed E-state index contributed by atoms with van der Waals surface area (Å²) >= 11 is 0. The first-order valence-corrected chi connectivity index (χ1v) is 7.63. The molecule has 1 aliphatic carbocycles. The Hall–Kier alpha value is -1.90. The van der Waals surface area contributed by atoms with Crippen LogP contribution < -0.4 is 0 Å². The van der Waals surface area contributed by atoms with Crippen molar-refractivity contribution >= 4 is 16.7 Å². The van der Waals surface area contributed by atoms with E-state index < -0.39 is 0 Å². The number of hydrogen-bond donors (Lipinski definition) is 0. The third-order valence-corrected chi connectivity index (χ3v) is 4.54. The van der Waals surface area contributed by atoms with E-state index in [1.54, 1.807) is 18.2 Å². The second-order valence-electron chi connectivity index (χ2n) is 5.85. The molecule has 0 heterocycles. The maximum atomic E-state index is 13.9. The zero-order valence-corrected chi connectivity index (χ0v) is 12.3. The minimum atomic E-state index is -0.275. The molecular weight excluding hydrogens is 265 g/mol. The maximum Gasteiger partial charge on any atom is 0.254 e. The van der Waals surface area contributed by atoms with Crippen molar-refractivity contribution < 1.29 is 9.18 Å². The van der Waals surface area contributed by atoms with E-state index >= 15 is 0 Å². The second kappa shape index (κ2) is 5.84. The number of rotatable bonds is 2. The van der Waals surface area contributed by atoms with Crippen molar-refractivity contribution in [1.82, 2.24) is 4.90 Å². The van der Waals surface area contributed by atoms with Crippen molar-refractivity contribution in [3.8, 4) is 0 Å². The minimum Gasteiger partial charge on any atom is -0.339 e. The van der Waals surface area contributed by atoms with Crippen LogP contribution in [0.2, 0.25) is 0 Å². The number of hydrogen-bond acceptors (Lipinski definition) is 1. The SMILES string of the molecule is CN(C(=O)c1ccc(F)c2ccccc12)C1CCCCC1. The average Bonchev–Trinajstić information content (AvgIpc) is 2.55. The van der Waals surface area contributed by atoms with Crippen LogP contribution in [0.4, 0.5) is 4.39 Å². The molecule has 2 aromatic carbocycles. The van der Waals surface area contributed by atoms with Crippen LogP contribution >= 0.6 is 0 Å². The number of fused-ring (bicyclic) bond motifs is 1. The molecule has 0 radical (unpaired) electrons. The van der Waals surface area contributed by atoms with Crippen LogP contribution in [0.15, 0.2) is 36.4 Å². The predicted molar refractivity (Wildman–Crippen MR) is 82.9 cm³/mol. The molecule has 0 aromatic heterocycles. The molecule has 2 aromatic rings. The standard InChI is InChI=1S/C18H20FNO/c1-20(13-7-3-2-4-8-13)18(21)16-11-12-17(19)15-10-6-5-9-14(15)16/h5-6,9-13H,2-4,7-8H2,1H3. The van der Waals surface area contributed by atoms with Crippen LogP contribution in [0.1, 0.15) is 42.5 Å². The van der Waals surface area contributed by atoms with Crippen LogP contribution in [0.5, 0.6) is 0 Å². The third-order valence-electron chi connectivity index (χ3n) is 4.54.